The number of rotatable bonds is 7. The van der Waals surface area contributed by atoms with E-state index in [1.165, 1.54) is 6.92 Å². The molecule has 1 amide bonds. The molecule has 0 saturated heterocycles. The third kappa shape index (κ3) is 4.92. The number of carbonyl (C=O) groups is 2. The molecule has 3 N–H and O–H groups in total. The first-order chi connectivity index (χ1) is 12.7. The standard InChI is InChI=1S/C17H22N4O5S/c1-5-26-17(23)15-11(3)20-12(4)16(15)27(24,25)19-9-14(22)21-13-7-6-10(2)8-18-13/h6-8,19-20H,5,9H2,1-4H3,(H,18,21,22). The van der Waals surface area contributed by atoms with Gasteiger partial charge in [0.25, 0.3) is 0 Å². The quantitative estimate of drug-likeness (QED) is 0.609. The third-order valence-electron chi connectivity index (χ3n) is 3.67. The zero-order valence-corrected chi connectivity index (χ0v) is 16.4. The molecule has 2 heterocycles. The molecule has 0 aromatic carbocycles. The molecule has 0 unspecified atom stereocenters. The zero-order chi connectivity index (χ0) is 20.2. The molecule has 2 aromatic rings. The number of pyridine rings is 1. The van der Waals surface area contributed by atoms with Crippen molar-refractivity contribution in [3.8, 4) is 0 Å². The van der Waals surface area contributed by atoms with Gasteiger partial charge in [-0.15, -0.1) is 0 Å². The van der Waals surface area contributed by atoms with Gasteiger partial charge in [0.1, 0.15) is 16.3 Å². The van der Waals surface area contributed by atoms with Crippen molar-refractivity contribution in [2.75, 3.05) is 18.5 Å². The van der Waals surface area contributed by atoms with E-state index in [1.54, 1.807) is 32.2 Å². The van der Waals surface area contributed by atoms with Gasteiger partial charge in [-0.1, -0.05) is 6.07 Å². The molecule has 2 rings (SSSR count). The SMILES string of the molecule is CCOC(=O)c1c(C)[nH]c(C)c1S(=O)(=O)NCC(=O)Nc1ccc(C)cn1. The minimum atomic E-state index is -4.12. The Labute approximate surface area is 157 Å². The van der Waals surface area contributed by atoms with Crippen LogP contribution in [-0.4, -0.2) is 43.4 Å². The van der Waals surface area contributed by atoms with E-state index in [2.05, 4.69) is 20.0 Å². The first-order valence-corrected chi connectivity index (χ1v) is 9.72. The fraction of sp³-hybridized carbons (Fsp3) is 0.353. The van der Waals surface area contributed by atoms with Crippen LogP contribution in [0.5, 0.6) is 0 Å². The molecule has 0 radical (unpaired) electrons. The summed E-state index contributed by atoms with van der Waals surface area (Å²) in [6, 6.07) is 3.38. The normalized spacial score (nSPS) is 11.3. The van der Waals surface area contributed by atoms with Crippen molar-refractivity contribution in [1.82, 2.24) is 14.7 Å². The Kier molecular flexibility index (Phi) is 6.34. The smallest absolute Gasteiger partial charge is 0.341 e. The van der Waals surface area contributed by atoms with E-state index in [1.807, 2.05) is 6.92 Å². The highest BCUT2D eigenvalue weighted by Gasteiger charge is 2.30. The Morgan fingerprint density at radius 2 is 1.89 bits per heavy atom. The molecule has 10 heteroatoms. The Morgan fingerprint density at radius 1 is 1.19 bits per heavy atom. The second kappa shape index (κ2) is 8.31. The second-order valence-corrected chi connectivity index (χ2v) is 7.60. The van der Waals surface area contributed by atoms with Crippen LogP contribution in [0.2, 0.25) is 0 Å². The fourth-order valence-electron chi connectivity index (χ4n) is 2.50. The largest absolute Gasteiger partial charge is 0.462 e. The summed E-state index contributed by atoms with van der Waals surface area (Å²) >= 11 is 0. The van der Waals surface area contributed by atoms with E-state index < -0.39 is 28.4 Å². The van der Waals surface area contributed by atoms with Gasteiger partial charge in [0.05, 0.1) is 13.2 Å². The van der Waals surface area contributed by atoms with E-state index in [0.717, 1.165) is 5.56 Å². The number of anilines is 1. The van der Waals surface area contributed by atoms with Gasteiger partial charge in [-0.3, -0.25) is 4.79 Å². The van der Waals surface area contributed by atoms with Crippen molar-refractivity contribution in [3.05, 3.63) is 40.8 Å². The molecule has 27 heavy (non-hydrogen) atoms. The van der Waals surface area contributed by atoms with Gasteiger partial charge in [0.2, 0.25) is 15.9 Å². The first kappa shape index (κ1) is 20.6. The summed E-state index contributed by atoms with van der Waals surface area (Å²) in [7, 11) is -4.12. The van der Waals surface area contributed by atoms with Crippen molar-refractivity contribution in [1.29, 1.82) is 0 Å². The molecule has 0 aliphatic rings. The molecular weight excluding hydrogens is 372 g/mol. The number of nitrogens with one attached hydrogen (secondary N) is 3. The second-order valence-electron chi connectivity index (χ2n) is 5.89. The van der Waals surface area contributed by atoms with Gasteiger partial charge in [0.15, 0.2) is 0 Å². The maximum atomic E-state index is 12.7. The topological polar surface area (TPSA) is 130 Å². The molecule has 0 bridgehead atoms. The summed E-state index contributed by atoms with van der Waals surface area (Å²) < 4.78 is 32.5. The van der Waals surface area contributed by atoms with Crippen LogP contribution >= 0.6 is 0 Å². The molecule has 0 aliphatic heterocycles. The molecule has 0 spiro atoms. The molecule has 9 nitrogen and oxygen atoms in total. The van der Waals surface area contributed by atoms with Gasteiger partial charge in [-0.2, -0.15) is 0 Å². The van der Waals surface area contributed by atoms with Crippen LogP contribution in [0.3, 0.4) is 0 Å². The van der Waals surface area contributed by atoms with Crippen molar-refractivity contribution < 1.29 is 22.7 Å². The average molecular weight is 394 g/mol. The van der Waals surface area contributed by atoms with Crippen LogP contribution in [-0.2, 0) is 19.6 Å². The summed E-state index contributed by atoms with van der Waals surface area (Å²) in [6.45, 7) is 6.19. The highest BCUT2D eigenvalue weighted by Crippen LogP contribution is 2.24. The minimum Gasteiger partial charge on any atom is -0.462 e. The van der Waals surface area contributed by atoms with Gasteiger partial charge >= 0.3 is 5.97 Å². The summed E-state index contributed by atoms with van der Waals surface area (Å²) in [4.78, 5) is 30.8. The van der Waals surface area contributed by atoms with Crippen molar-refractivity contribution >= 4 is 27.7 Å². The van der Waals surface area contributed by atoms with Crippen molar-refractivity contribution in [2.45, 2.75) is 32.6 Å². The van der Waals surface area contributed by atoms with Crippen LogP contribution in [0, 0.1) is 20.8 Å². The van der Waals surface area contributed by atoms with Crippen LogP contribution in [0.25, 0.3) is 0 Å². The maximum Gasteiger partial charge on any atom is 0.341 e. The lowest BCUT2D eigenvalue weighted by Crippen LogP contribution is -2.34. The molecule has 0 atom stereocenters. The van der Waals surface area contributed by atoms with E-state index >= 15 is 0 Å². The number of esters is 1. The highest BCUT2D eigenvalue weighted by molar-refractivity contribution is 7.89. The Morgan fingerprint density at radius 3 is 2.48 bits per heavy atom. The van der Waals surface area contributed by atoms with E-state index in [-0.39, 0.29) is 22.8 Å². The number of hydrogen-bond acceptors (Lipinski definition) is 6. The number of H-pyrrole nitrogens is 1. The first-order valence-electron chi connectivity index (χ1n) is 8.24. The molecule has 2 aromatic heterocycles. The predicted molar refractivity (Wildman–Crippen MR) is 99.0 cm³/mol. The average Bonchev–Trinajstić information content (AvgIpc) is 2.90. The van der Waals surface area contributed by atoms with Gasteiger partial charge in [-0.05, 0) is 39.3 Å². The van der Waals surface area contributed by atoms with Gasteiger partial charge in [-0.25, -0.2) is 22.9 Å². The molecular formula is C17H22N4O5S. The third-order valence-corrected chi connectivity index (χ3v) is 5.24. The number of amides is 1. The van der Waals surface area contributed by atoms with Crippen LogP contribution < -0.4 is 10.0 Å². The Balaban J connectivity index is 2.16. The lowest BCUT2D eigenvalue weighted by Gasteiger charge is -2.09. The van der Waals surface area contributed by atoms with Crippen LogP contribution in [0.4, 0.5) is 5.82 Å². The number of nitrogens with zero attached hydrogens (tertiary/aromatic N) is 1. The van der Waals surface area contributed by atoms with Gasteiger partial charge < -0.3 is 15.0 Å². The van der Waals surface area contributed by atoms with E-state index in [0.29, 0.717) is 11.5 Å². The summed E-state index contributed by atoms with van der Waals surface area (Å²) in [5, 5.41) is 2.49. The predicted octanol–water partition coefficient (Wildman–Crippen LogP) is 1.43. The minimum absolute atomic E-state index is 0.0672. The number of aryl methyl sites for hydroxylation is 3. The number of aromatic nitrogens is 2. The summed E-state index contributed by atoms with van der Waals surface area (Å²) in [6.07, 6.45) is 1.58. The van der Waals surface area contributed by atoms with Crippen LogP contribution in [0.1, 0.15) is 34.2 Å². The number of carbonyl (C=O) groups excluding carboxylic acids is 2. The molecule has 0 saturated carbocycles. The Hall–Kier alpha value is -2.72. The fourth-order valence-corrected chi connectivity index (χ4v) is 3.93. The van der Waals surface area contributed by atoms with Crippen LogP contribution in [0.15, 0.2) is 23.2 Å². The van der Waals surface area contributed by atoms with E-state index in [4.69, 9.17) is 4.74 Å². The number of ether oxygens (including phenoxy) is 1. The monoisotopic (exact) mass is 394 g/mol. The number of aromatic amines is 1. The lowest BCUT2D eigenvalue weighted by molar-refractivity contribution is -0.115. The van der Waals surface area contributed by atoms with Gasteiger partial charge in [0, 0.05) is 17.6 Å². The maximum absolute atomic E-state index is 12.7. The highest BCUT2D eigenvalue weighted by atomic mass is 32.2. The molecule has 0 aliphatic carbocycles. The number of sulfonamides is 1. The van der Waals surface area contributed by atoms with Crippen molar-refractivity contribution in [2.24, 2.45) is 0 Å². The summed E-state index contributed by atoms with van der Waals surface area (Å²) in [5.74, 6) is -1.02. The van der Waals surface area contributed by atoms with E-state index in [9.17, 15) is 18.0 Å². The molecule has 0 fully saturated rings. The lowest BCUT2D eigenvalue weighted by atomic mass is 10.2. The Bertz CT molecular complexity index is 948. The zero-order valence-electron chi connectivity index (χ0n) is 15.5. The molecule has 146 valence electrons. The summed E-state index contributed by atoms with van der Waals surface area (Å²) in [5.41, 5.74) is 1.52. The number of hydrogen-bond donors (Lipinski definition) is 3. The van der Waals surface area contributed by atoms with Crippen molar-refractivity contribution in [3.63, 3.8) is 0 Å².